The molecule has 1 aliphatic rings. The molecule has 2 rings (SSSR count). The molecular weight excluding hydrogens is 200 g/mol. The van der Waals surface area contributed by atoms with Crippen molar-refractivity contribution in [1.82, 2.24) is 9.78 Å². The summed E-state index contributed by atoms with van der Waals surface area (Å²) in [5, 5.41) is 11.4. The molecule has 0 saturated carbocycles. The zero-order chi connectivity index (χ0) is 10.8. The maximum Gasteiger partial charge on any atom is 0.305 e. The molecule has 0 bridgehead atoms. The number of H-pyrrole nitrogens is 1. The van der Waals surface area contributed by atoms with Gasteiger partial charge in [-0.3, -0.25) is 19.4 Å². The van der Waals surface area contributed by atoms with E-state index in [4.69, 9.17) is 9.84 Å². The summed E-state index contributed by atoms with van der Waals surface area (Å²) in [5.41, 5.74) is 1.39. The highest BCUT2D eigenvalue weighted by Crippen LogP contribution is 2.10. The molecule has 0 aliphatic carbocycles. The van der Waals surface area contributed by atoms with E-state index >= 15 is 0 Å². The van der Waals surface area contributed by atoms with E-state index in [1.807, 2.05) is 0 Å². The molecule has 0 fully saturated rings. The Morgan fingerprint density at radius 2 is 2.40 bits per heavy atom. The van der Waals surface area contributed by atoms with Crippen molar-refractivity contribution in [2.24, 2.45) is 0 Å². The van der Waals surface area contributed by atoms with Crippen molar-refractivity contribution in [3.05, 3.63) is 21.6 Å². The summed E-state index contributed by atoms with van der Waals surface area (Å²) in [5.74, 6) is -0.911. The average molecular weight is 212 g/mol. The molecule has 0 spiro atoms. The molecule has 15 heavy (non-hydrogen) atoms. The van der Waals surface area contributed by atoms with E-state index in [0.717, 1.165) is 11.3 Å². The van der Waals surface area contributed by atoms with E-state index in [-0.39, 0.29) is 18.5 Å². The first-order chi connectivity index (χ1) is 7.18. The number of aromatic amines is 1. The average Bonchev–Trinajstić information content (AvgIpc) is 2.54. The van der Waals surface area contributed by atoms with Crippen LogP contribution in [-0.2, 0) is 29.1 Å². The molecule has 6 heteroatoms. The minimum Gasteiger partial charge on any atom is -0.481 e. The minimum atomic E-state index is -0.911. The smallest absolute Gasteiger partial charge is 0.305 e. The van der Waals surface area contributed by atoms with E-state index in [1.54, 1.807) is 0 Å². The molecule has 0 amide bonds. The maximum atomic E-state index is 11.7. The van der Waals surface area contributed by atoms with Crippen molar-refractivity contribution in [1.29, 1.82) is 0 Å². The third kappa shape index (κ3) is 1.94. The number of rotatable bonds is 3. The molecule has 0 radical (unpaired) electrons. The van der Waals surface area contributed by atoms with Crippen LogP contribution in [0.4, 0.5) is 0 Å². The van der Waals surface area contributed by atoms with E-state index in [2.05, 4.69) is 5.10 Å². The highest BCUT2D eigenvalue weighted by Gasteiger charge is 2.17. The monoisotopic (exact) mass is 212 g/mol. The zero-order valence-electron chi connectivity index (χ0n) is 8.15. The molecule has 0 unspecified atom stereocenters. The number of aliphatic carboxylic acids is 1. The second-order valence-corrected chi connectivity index (χ2v) is 3.47. The van der Waals surface area contributed by atoms with Gasteiger partial charge in [-0.2, -0.15) is 0 Å². The summed E-state index contributed by atoms with van der Waals surface area (Å²) in [6.07, 6.45) is 0.547. The van der Waals surface area contributed by atoms with Gasteiger partial charge in [0.05, 0.1) is 31.9 Å². The highest BCUT2D eigenvalue weighted by molar-refractivity contribution is 5.66. The molecule has 1 aliphatic heterocycles. The molecule has 0 saturated heterocycles. The number of carboxylic acids is 1. The molecular formula is C9H12N2O4. The van der Waals surface area contributed by atoms with Gasteiger partial charge in [0.15, 0.2) is 0 Å². The Bertz CT molecular complexity index is 432. The van der Waals surface area contributed by atoms with Crippen LogP contribution in [0.1, 0.15) is 17.7 Å². The number of nitrogens with zero attached hydrogens (tertiary/aromatic N) is 1. The van der Waals surface area contributed by atoms with Crippen LogP contribution in [0.3, 0.4) is 0 Å². The summed E-state index contributed by atoms with van der Waals surface area (Å²) in [6, 6.07) is 0. The Balaban J connectivity index is 2.22. The second kappa shape index (κ2) is 3.90. The summed E-state index contributed by atoms with van der Waals surface area (Å²) < 4.78 is 6.53. The van der Waals surface area contributed by atoms with Gasteiger partial charge in [-0.15, -0.1) is 0 Å². The lowest BCUT2D eigenvalue weighted by Crippen LogP contribution is -2.22. The Labute approximate surface area is 85.5 Å². The summed E-state index contributed by atoms with van der Waals surface area (Å²) in [7, 11) is 0. The fraction of sp³-hybridized carbons (Fsp3) is 0.556. The fourth-order valence-corrected chi connectivity index (χ4v) is 1.66. The summed E-state index contributed by atoms with van der Waals surface area (Å²) in [4.78, 5) is 22.1. The van der Waals surface area contributed by atoms with Crippen molar-refractivity contribution < 1.29 is 14.6 Å². The van der Waals surface area contributed by atoms with Crippen LogP contribution in [-0.4, -0.2) is 27.5 Å². The molecule has 0 atom stereocenters. The largest absolute Gasteiger partial charge is 0.481 e. The molecule has 0 aromatic carbocycles. The number of nitrogens with one attached hydrogen (secondary N) is 1. The van der Waals surface area contributed by atoms with Gasteiger partial charge in [0, 0.05) is 12.0 Å². The molecule has 2 N–H and O–H groups in total. The number of aryl methyl sites for hydroxylation is 1. The highest BCUT2D eigenvalue weighted by atomic mass is 16.5. The van der Waals surface area contributed by atoms with Gasteiger partial charge in [0.25, 0.3) is 5.56 Å². The lowest BCUT2D eigenvalue weighted by molar-refractivity contribution is -0.137. The summed E-state index contributed by atoms with van der Waals surface area (Å²) >= 11 is 0. The first-order valence-corrected chi connectivity index (χ1v) is 4.78. The van der Waals surface area contributed by atoms with Crippen LogP contribution < -0.4 is 5.56 Å². The van der Waals surface area contributed by atoms with E-state index in [9.17, 15) is 9.59 Å². The van der Waals surface area contributed by atoms with E-state index in [1.165, 1.54) is 4.68 Å². The van der Waals surface area contributed by atoms with Crippen LogP contribution in [0.25, 0.3) is 0 Å². The standard InChI is InChI=1S/C9H12N2O4/c12-8(13)1-3-11-9(14)6-2-4-15-5-7(6)10-11/h10H,1-5H2,(H,12,13). The van der Waals surface area contributed by atoms with Crippen LogP contribution in [0.2, 0.25) is 0 Å². The third-order valence-corrected chi connectivity index (χ3v) is 2.43. The van der Waals surface area contributed by atoms with Crippen molar-refractivity contribution in [3.8, 4) is 0 Å². The SMILES string of the molecule is O=C(O)CCn1[nH]c2c(c1=O)CCOC2. The van der Waals surface area contributed by atoms with Crippen molar-refractivity contribution in [2.75, 3.05) is 6.61 Å². The lowest BCUT2D eigenvalue weighted by atomic mass is 10.1. The van der Waals surface area contributed by atoms with Gasteiger partial charge in [0.1, 0.15) is 0 Å². The number of fused-ring (bicyclic) bond motifs is 1. The van der Waals surface area contributed by atoms with Crippen molar-refractivity contribution >= 4 is 5.97 Å². The maximum absolute atomic E-state index is 11.7. The number of carboxylic acid groups (broad SMARTS) is 1. The normalized spacial score (nSPS) is 14.9. The van der Waals surface area contributed by atoms with Crippen LogP contribution in [0.5, 0.6) is 0 Å². The van der Waals surface area contributed by atoms with Gasteiger partial charge in [0.2, 0.25) is 0 Å². The van der Waals surface area contributed by atoms with E-state index in [0.29, 0.717) is 19.6 Å². The first kappa shape index (κ1) is 9.97. The molecule has 1 aromatic heterocycles. The Kier molecular flexibility index (Phi) is 2.59. The van der Waals surface area contributed by atoms with Crippen LogP contribution >= 0.6 is 0 Å². The Hall–Kier alpha value is -1.56. The number of hydrogen-bond donors (Lipinski definition) is 2. The topological polar surface area (TPSA) is 84.3 Å². The van der Waals surface area contributed by atoms with Crippen LogP contribution in [0.15, 0.2) is 4.79 Å². The quantitative estimate of drug-likeness (QED) is 0.722. The molecule has 82 valence electrons. The lowest BCUT2D eigenvalue weighted by Gasteiger charge is -2.08. The molecule has 1 aromatic rings. The Morgan fingerprint density at radius 3 is 3.07 bits per heavy atom. The van der Waals surface area contributed by atoms with Gasteiger partial charge < -0.3 is 9.84 Å². The Morgan fingerprint density at radius 1 is 1.60 bits per heavy atom. The van der Waals surface area contributed by atoms with Gasteiger partial charge >= 0.3 is 5.97 Å². The number of ether oxygens (including phenoxy) is 1. The molecule has 2 heterocycles. The van der Waals surface area contributed by atoms with Gasteiger partial charge in [-0.05, 0) is 0 Å². The minimum absolute atomic E-state index is 0.0554. The number of aromatic nitrogens is 2. The fourth-order valence-electron chi connectivity index (χ4n) is 1.66. The first-order valence-electron chi connectivity index (χ1n) is 4.78. The van der Waals surface area contributed by atoms with Crippen molar-refractivity contribution in [2.45, 2.75) is 26.0 Å². The third-order valence-electron chi connectivity index (χ3n) is 2.43. The summed E-state index contributed by atoms with van der Waals surface area (Å²) in [6.45, 7) is 1.14. The van der Waals surface area contributed by atoms with Crippen molar-refractivity contribution in [3.63, 3.8) is 0 Å². The number of hydrogen-bond acceptors (Lipinski definition) is 3. The van der Waals surface area contributed by atoms with Crippen LogP contribution in [0, 0.1) is 0 Å². The second-order valence-electron chi connectivity index (χ2n) is 3.47. The predicted octanol–water partition coefficient (Wildman–Crippen LogP) is -0.276. The molecule has 6 nitrogen and oxygen atoms in total. The zero-order valence-corrected chi connectivity index (χ0v) is 8.15. The predicted molar refractivity (Wildman–Crippen MR) is 50.7 cm³/mol. The van der Waals surface area contributed by atoms with E-state index < -0.39 is 5.97 Å². The van der Waals surface area contributed by atoms with Gasteiger partial charge in [-0.1, -0.05) is 0 Å². The number of carbonyl (C=O) groups is 1. The van der Waals surface area contributed by atoms with Gasteiger partial charge in [-0.25, -0.2) is 0 Å².